The van der Waals surface area contributed by atoms with Crippen LogP contribution < -0.4 is 4.90 Å². The molecule has 0 amide bonds. The van der Waals surface area contributed by atoms with Gasteiger partial charge in [0.2, 0.25) is 0 Å². The van der Waals surface area contributed by atoms with Crippen LogP contribution in [0.5, 0.6) is 0 Å². The molecule has 1 N–H and O–H groups in total. The lowest BCUT2D eigenvalue weighted by molar-refractivity contribution is -0.00521. The minimum atomic E-state index is 0.238. The fourth-order valence-electron chi connectivity index (χ4n) is 5.42. The minimum Gasteiger partial charge on any atom is -0.372 e. The van der Waals surface area contributed by atoms with Gasteiger partial charge in [-0.25, -0.2) is 9.97 Å². The number of likely N-dealkylation sites (tertiary alicyclic amines) is 1. The van der Waals surface area contributed by atoms with Crippen molar-refractivity contribution in [2.45, 2.75) is 44.9 Å². The number of hydrogen-bond donors (Lipinski definition) is 1. The highest BCUT2D eigenvalue weighted by Crippen LogP contribution is 2.31. The lowest BCUT2D eigenvalue weighted by Crippen LogP contribution is -2.45. The van der Waals surface area contributed by atoms with Crippen molar-refractivity contribution in [2.75, 3.05) is 38.1 Å². The minimum absolute atomic E-state index is 0.238. The number of piperidine rings is 1. The number of fused-ring (bicyclic) bond motifs is 1. The standard InChI is InChI=1S/C27H33N7O/c1-18-15-33(16-19(2)35-18)22-6-4-20(5-7-22)25-14-29-27-26(31-25)24(13-28-27)21-12-30-34(17-21)23-8-10-32(3)11-9-23/h4-7,12-14,17-19,23H,8-11,15-16H2,1-3H3,(H,28,29)/t18-,19-/m1/s1. The molecule has 2 aliphatic rings. The van der Waals surface area contributed by atoms with E-state index in [1.807, 2.05) is 18.6 Å². The van der Waals surface area contributed by atoms with Gasteiger partial charge in [0.05, 0.1) is 36.3 Å². The van der Waals surface area contributed by atoms with Gasteiger partial charge in [0, 0.05) is 47.9 Å². The van der Waals surface area contributed by atoms with Crippen LogP contribution in [0.2, 0.25) is 0 Å². The van der Waals surface area contributed by atoms with Crippen LogP contribution in [-0.4, -0.2) is 75.1 Å². The van der Waals surface area contributed by atoms with Gasteiger partial charge in [-0.05, 0) is 59.0 Å². The number of ether oxygens (including phenoxy) is 1. The van der Waals surface area contributed by atoms with Crippen molar-refractivity contribution in [1.82, 2.24) is 29.6 Å². The maximum absolute atomic E-state index is 5.88. The summed E-state index contributed by atoms with van der Waals surface area (Å²) in [7, 11) is 2.18. The summed E-state index contributed by atoms with van der Waals surface area (Å²) in [5.74, 6) is 0. The molecule has 0 bridgehead atoms. The molecular formula is C27H33N7O. The second-order valence-corrected chi connectivity index (χ2v) is 10.1. The highest BCUT2D eigenvalue weighted by atomic mass is 16.5. The second-order valence-electron chi connectivity index (χ2n) is 10.1. The van der Waals surface area contributed by atoms with Crippen molar-refractivity contribution in [3.05, 3.63) is 49.1 Å². The third-order valence-electron chi connectivity index (χ3n) is 7.30. The van der Waals surface area contributed by atoms with Gasteiger partial charge in [0.1, 0.15) is 5.52 Å². The quantitative estimate of drug-likeness (QED) is 0.476. The van der Waals surface area contributed by atoms with Crippen molar-refractivity contribution in [2.24, 2.45) is 0 Å². The Morgan fingerprint density at radius 1 is 0.971 bits per heavy atom. The molecule has 182 valence electrons. The molecule has 5 heterocycles. The summed E-state index contributed by atoms with van der Waals surface area (Å²) >= 11 is 0. The summed E-state index contributed by atoms with van der Waals surface area (Å²) in [6.45, 7) is 8.32. The zero-order chi connectivity index (χ0) is 23.9. The van der Waals surface area contributed by atoms with E-state index in [4.69, 9.17) is 14.8 Å². The van der Waals surface area contributed by atoms with Gasteiger partial charge in [-0.15, -0.1) is 0 Å². The van der Waals surface area contributed by atoms with E-state index >= 15 is 0 Å². The van der Waals surface area contributed by atoms with Crippen molar-refractivity contribution < 1.29 is 4.74 Å². The molecule has 0 unspecified atom stereocenters. The van der Waals surface area contributed by atoms with E-state index in [2.05, 4.69) is 75.8 Å². The number of aromatic nitrogens is 5. The molecule has 2 saturated heterocycles. The number of H-pyrrole nitrogens is 1. The Bertz CT molecular complexity index is 1290. The van der Waals surface area contributed by atoms with E-state index in [0.29, 0.717) is 6.04 Å². The van der Waals surface area contributed by atoms with Crippen LogP contribution in [0.25, 0.3) is 33.5 Å². The molecule has 0 spiro atoms. The first-order chi connectivity index (χ1) is 17.0. The largest absolute Gasteiger partial charge is 0.372 e. The maximum Gasteiger partial charge on any atom is 0.156 e. The number of anilines is 1. The number of aromatic amines is 1. The summed E-state index contributed by atoms with van der Waals surface area (Å²) < 4.78 is 8.01. The lowest BCUT2D eigenvalue weighted by atomic mass is 10.1. The first kappa shape index (κ1) is 22.2. The molecule has 2 aliphatic heterocycles. The summed E-state index contributed by atoms with van der Waals surface area (Å²) in [5, 5.41) is 4.70. The van der Waals surface area contributed by atoms with Crippen LogP contribution in [0.3, 0.4) is 0 Å². The maximum atomic E-state index is 5.88. The summed E-state index contributed by atoms with van der Waals surface area (Å²) in [4.78, 5) is 17.7. The van der Waals surface area contributed by atoms with Gasteiger partial charge in [-0.2, -0.15) is 5.10 Å². The molecule has 35 heavy (non-hydrogen) atoms. The van der Waals surface area contributed by atoms with Crippen molar-refractivity contribution in [3.63, 3.8) is 0 Å². The number of morpholine rings is 1. The Morgan fingerprint density at radius 2 is 1.71 bits per heavy atom. The van der Waals surface area contributed by atoms with E-state index in [1.54, 1.807) is 0 Å². The number of nitrogens with one attached hydrogen (secondary N) is 1. The third kappa shape index (κ3) is 4.44. The van der Waals surface area contributed by atoms with E-state index < -0.39 is 0 Å². The molecule has 1 aromatic carbocycles. The highest BCUT2D eigenvalue weighted by molar-refractivity contribution is 5.91. The Hall–Kier alpha value is -3.23. The Morgan fingerprint density at radius 3 is 2.46 bits per heavy atom. The zero-order valence-corrected chi connectivity index (χ0v) is 20.7. The predicted molar refractivity (Wildman–Crippen MR) is 139 cm³/mol. The van der Waals surface area contributed by atoms with E-state index in [-0.39, 0.29) is 12.2 Å². The zero-order valence-electron chi connectivity index (χ0n) is 20.7. The summed E-state index contributed by atoms with van der Waals surface area (Å²) in [6, 6.07) is 9.09. The van der Waals surface area contributed by atoms with E-state index in [0.717, 1.165) is 72.6 Å². The molecular weight excluding hydrogens is 438 g/mol. The van der Waals surface area contributed by atoms with Crippen molar-refractivity contribution >= 4 is 16.9 Å². The fraction of sp³-hybridized carbons (Fsp3) is 0.444. The van der Waals surface area contributed by atoms with Crippen LogP contribution in [0.15, 0.2) is 49.1 Å². The molecule has 6 rings (SSSR count). The predicted octanol–water partition coefficient (Wildman–Crippen LogP) is 4.37. The number of rotatable bonds is 4. The van der Waals surface area contributed by atoms with E-state index in [1.165, 1.54) is 5.69 Å². The SMILES string of the molecule is C[C@@H]1CN(c2ccc(-c3cnc4[nH]cc(-c5cnn(C6CCN(C)CC6)c5)c4n3)cc2)C[C@@H](C)O1. The molecule has 0 aliphatic carbocycles. The van der Waals surface area contributed by atoms with Gasteiger partial charge in [0.25, 0.3) is 0 Å². The van der Waals surface area contributed by atoms with Crippen LogP contribution in [0, 0.1) is 0 Å². The van der Waals surface area contributed by atoms with Crippen LogP contribution in [0.4, 0.5) is 5.69 Å². The molecule has 2 atom stereocenters. The van der Waals surface area contributed by atoms with Gasteiger partial charge in [-0.3, -0.25) is 4.68 Å². The average molecular weight is 472 g/mol. The van der Waals surface area contributed by atoms with Crippen LogP contribution in [0.1, 0.15) is 32.7 Å². The first-order valence-electron chi connectivity index (χ1n) is 12.6. The van der Waals surface area contributed by atoms with Crippen molar-refractivity contribution in [3.8, 4) is 22.4 Å². The fourth-order valence-corrected chi connectivity index (χ4v) is 5.42. The van der Waals surface area contributed by atoms with E-state index in [9.17, 15) is 0 Å². The number of hydrogen-bond acceptors (Lipinski definition) is 6. The summed E-state index contributed by atoms with van der Waals surface area (Å²) in [6.07, 6.45) is 10.7. The topological polar surface area (TPSA) is 75.1 Å². The van der Waals surface area contributed by atoms with Gasteiger partial charge >= 0.3 is 0 Å². The van der Waals surface area contributed by atoms with Crippen LogP contribution in [-0.2, 0) is 4.74 Å². The average Bonchev–Trinajstić information content (AvgIpc) is 3.51. The monoisotopic (exact) mass is 471 g/mol. The Balaban J connectivity index is 1.25. The third-order valence-corrected chi connectivity index (χ3v) is 7.30. The second kappa shape index (κ2) is 9.09. The number of nitrogens with zero attached hydrogens (tertiary/aromatic N) is 6. The molecule has 8 nitrogen and oxygen atoms in total. The molecule has 4 aromatic rings. The molecule has 0 radical (unpaired) electrons. The molecule has 2 fully saturated rings. The molecule has 0 saturated carbocycles. The number of benzene rings is 1. The highest BCUT2D eigenvalue weighted by Gasteiger charge is 2.23. The van der Waals surface area contributed by atoms with Crippen molar-refractivity contribution in [1.29, 1.82) is 0 Å². The Kier molecular flexibility index (Phi) is 5.78. The summed E-state index contributed by atoms with van der Waals surface area (Å²) in [5.41, 5.74) is 6.94. The van der Waals surface area contributed by atoms with Gasteiger partial charge in [0.15, 0.2) is 5.65 Å². The molecule has 8 heteroatoms. The van der Waals surface area contributed by atoms with Gasteiger partial charge in [-0.1, -0.05) is 12.1 Å². The smallest absolute Gasteiger partial charge is 0.156 e. The normalized spacial score (nSPS) is 22.2. The Labute approximate surface area is 205 Å². The van der Waals surface area contributed by atoms with Crippen LogP contribution >= 0.6 is 0 Å². The first-order valence-corrected chi connectivity index (χ1v) is 12.6. The van der Waals surface area contributed by atoms with Gasteiger partial charge < -0.3 is 19.5 Å². The molecule has 3 aromatic heterocycles. The lowest BCUT2D eigenvalue weighted by Gasteiger charge is -2.36.